The van der Waals surface area contributed by atoms with E-state index >= 15 is 0 Å². The number of para-hydroxylation sites is 2. The van der Waals surface area contributed by atoms with Crippen molar-refractivity contribution in [2.75, 3.05) is 11.1 Å². The molecule has 8 heteroatoms. The number of carbonyl (C=O) groups is 2. The fourth-order valence-electron chi connectivity index (χ4n) is 2.79. The van der Waals surface area contributed by atoms with Gasteiger partial charge in [0.2, 0.25) is 5.91 Å². The molecule has 3 rings (SSSR count). The molecule has 28 heavy (non-hydrogen) atoms. The van der Waals surface area contributed by atoms with E-state index < -0.39 is 5.91 Å². The van der Waals surface area contributed by atoms with E-state index in [9.17, 15) is 14.4 Å². The summed E-state index contributed by atoms with van der Waals surface area (Å²) in [6.07, 6.45) is 0.199. The van der Waals surface area contributed by atoms with Gasteiger partial charge in [0.1, 0.15) is 0 Å². The lowest BCUT2D eigenvalue weighted by Crippen LogP contribution is -2.22. The summed E-state index contributed by atoms with van der Waals surface area (Å²) in [5, 5.41) is 3.86. The second kappa shape index (κ2) is 8.71. The van der Waals surface area contributed by atoms with Gasteiger partial charge in [0.15, 0.2) is 5.16 Å². The number of primary amides is 1. The number of anilines is 1. The predicted molar refractivity (Wildman–Crippen MR) is 111 cm³/mol. The zero-order valence-electron chi connectivity index (χ0n) is 15.3. The van der Waals surface area contributed by atoms with Gasteiger partial charge in [-0.1, -0.05) is 36.0 Å². The first kappa shape index (κ1) is 19.6. The van der Waals surface area contributed by atoms with Gasteiger partial charge in [-0.15, -0.1) is 0 Å². The molecule has 1 heterocycles. The molecule has 1 aromatic heterocycles. The van der Waals surface area contributed by atoms with Crippen LogP contribution in [-0.4, -0.2) is 27.1 Å². The van der Waals surface area contributed by atoms with Gasteiger partial charge in [0.05, 0.1) is 22.2 Å². The fourth-order valence-corrected chi connectivity index (χ4v) is 3.79. The third-order valence-corrected chi connectivity index (χ3v) is 5.15. The van der Waals surface area contributed by atoms with Crippen molar-refractivity contribution in [2.24, 2.45) is 5.73 Å². The van der Waals surface area contributed by atoms with Crippen molar-refractivity contribution in [3.8, 4) is 0 Å². The Morgan fingerprint density at radius 3 is 2.61 bits per heavy atom. The lowest BCUT2D eigenvalue weighted by atomic mass is 10.1. The number of hydrogen-bond acceptors (Lipinski definition) is 5. The van der Waals surface area contributed by atoms with E-state index in [0.29, 0.717) is 34.0 Å². The van der Waals surface area contributed by atoms with E-state index in [1.165, 1.54) is 11.8 Å². The minimum absolute atomic E-state index is 0.0876. The van der Waals surface area contributed by atoms with Gasteiger partial charge in [-0.3, -0.25) is 19.0 Å². The Morgan fingerprint density at radius 2 is 1.86 bits per heavy atom. The molecule has 3 aromatic rings. The Labute approximate surface area is 166 Å². The van der Waals surface area contributed by atoms with Crippen LogP contribution < -0.4 is 16.6 Å². The highest BCUT2D eigenvalue weighted by atomic mass is 32.2. The second-order valence-electron chi connectivity index (χ2n) is 6.02. The maximum absolute atomic E-state index is 12.6. The molecule has 0 unspecified atom stereocenters. The molecule has 144 valence electrons. The first-order valence-electron chi connectivity index (χ1n) is 8.82. The number of benzene rings is 2. The molecule has 7 nitrogen and oxygen atoms in total. The summed E-state index contributed by atoms with van der Waals surface area (Å²) in [4.78, 5) is 40.8. The lowest BCUT2D eigenvalue weighted by Gasteiger charge is -2.11. The number of fused-ring (bicyclic) bond motifs is 1. The van der Waals surface area contributed by atoms with Gasteiger partial charge >= 0.3 is 0 Å². The summed E-state index contributed by atoms with van der Waals surface area (Å²) in [7, 11) is 0. The number of nitrogens with zero attached hydrogens (tertiary/aromatic N) is 2. The Bertz CT molecular complexity index is 1090. The maximum Gasteiger partial charge on any atom is 0.262 e. The van der Waals surface area contributed by atoms with Crippen LogP contribution in [0.15, 0.2) is 58.5 Å². The Balaban J connectivity index is 1.69. The van der Waals surface area contributed by atoms with Crippen LogP contribution in [0.25, 0.3) is 10.9 Å². The van der Waals surface area contributed by atoms with E-state index in [1.807, 2.05) is 19.1 Å². The average molecular weight is 396 g/mol. The summed E-state index contributed by atoms with van der Waals surface area (Å²) < 4.78 is 1.60. The minimum Gasteiger partial charge on any atom is -0.366 e. The van der Waals surface area contributed by atoms with Crippen molar-refractivity contribution >= 4 is 40.2 Å². The lowest BCUT2D eigenvalue weighted by molar-refractivity contribution is -0.115. The molecule has 0 spiro atoms. The monoisotopic (exact) mass is 396 g/mol. The topological polar surface area (TPSA) is 107 Å². The Morgan fingerprint density at radius 1 is 1.14 bits per heavy atom. The predicted octanol–water partition coefficient (Wildman–Crippen LogP) is 2.64. The number of carbonyl (C=O) groups excluding carboxylic acids is 2. The molecule has 0 aliphatic carbocycles. The van der Waals surface area contributed by atoms with Gasteiger partial charge in [-0.2, -0.15) is 0 Å². The highest BCUT2D eigenvalue weighted by Gasteiger charge is 2.13. The molecule has 0 bridgehead atoms. The molecule has 0 saturated carbocycles. The number of rotatable bonds is 7. The van der Waals surface area contributed by atoms with Gasteiger partial charge in [-0.05, 0) is 31.2 Å². The zero-order valence-corrected chi connectivity index (χ0v) is 16.2. The molecule has 3 N–H and O–H groups in total. The van der Waals surface area contributed by atoms with E-state index in [-0.39, 0.29) is 23.5 Å². The number of nitrogens with one attached hydrogen (secondary N) is 1. The SMILES string of the molecule is CCn1c(SCCC(=O)Nc2ccccc2C(N)=O)nc2ccccc2c1=O. The van der Waals surface area contributed by atoms with Gasteiger partial charge in [-0.25, -0.2) is 4.98 Å². The van der Waals surface area contributed by atoms with Crippen LogP contribution in [0.3, 0.4) is 0 Å². The third kappa shape index (κ3) is 4.23. The van der Waals surface area contributed by atoms with Crippen LogP contribution in [0.1, 0.15) is 23.7 Å². The largest absolute Gasteiger partial charge is 0.366 e. The number of amides is 2. The summed E-state index contributed by atoms with van der Waals surface area (Å²) in [5.41, 5.74) is 6.53. The molecule has 0 fully saturated rings. The quantitative estimate of drug-likeness (QED) is 0.472. The third-order valence-electron chi connectivity index (χ3n) is 4.17. The van der Waals surface area contributed by atoms with E-state index in [0.717, 1.165) is 0 Å². The number of nitrogens with two attached hydrogens (primary N) is 1. The molecule has 0 radical (unpaired) electrons. The summed E-state index contributed by atoms with van der Waals surface area (Å²) in [6.45, 7) is 2.38. The van der Waals surface area contributed by atoms with Crippen molar-refractivity contribution in [3.05, 3.63) is 64.4 Å². The number of aromatic nitrogens is 2. The van der Waals surface area contributed by atoms with Gasteiger partial charge in [0.25, 0.3) is 11.5 Å². The molecular weight excluding hydrogens is 376 g/mol. The molecule has 0 atom stereocenters. The van der Waals surface area contributed by atoms with Crippen LogP contribution in [0, 0.1) is 0 Å². The minimum atomic E-state index is -0.599. The average Bonchev–Trinajstić information content (AvgIpc) is 2.68. The first-order chi connectivity index (χ1) is 13.5. The van der Waals surface area contributed by atoms with Crippen LogP contribution >= 0.6 is 11.8 Å². The van der Waals surface area contributed by atoms with Gasteiger partial charge < -0.3 is 11.1 Å². The molecule has 2 aromatic carbocycles. The molecular formula is C20H20N4O3S. The van der Waals surface area contributed by atoms with Crippen molar-refractivity contribution in [1.29, 1.82) is 0 Å². The summed E-state index contributed by atoms with van der Waals surface area (Å²) in [6, 6.07) is 13.8. The van der Waals surface area contributed by atoms with Crippen LogP contribution in [0.5, 0.6) is 0 Å². The van der Waals surface area contributed by atoms with E-state index in [4.69, 9.17) is 5.73 Å². The van der Waals surface area contributed by atoms with Crippen LogP contribution in [-0.2, 0) is 11.3 Å². The molecule has 0 aliphatic rings. The fraction of sp³-hybridized carbons (Fsp3) is 0.200. The molecule has 0 saturated heterocycles. The molecule has 2 amide bonds. The zero-order chi connectivity index (χ0) is 20.1. The normalized spacial score (nSPS) is 10.8. The highest BCUT2D eigenvalue weighted by molar-refractivity contribution is 7.99. The van der Waals surface area contributed by atoms with E-state index in [2.05, 4.69) is 10.3 Å². The molecule has 0 aliphatic heterocycles. The van der Waals surface area contributed by atoms with Gasteiger partial charge in [0, 0.05) is 18.7 Å². The first-order valence-corrected chi connectivity index (χ1v) is 9.81. The number of hydrogen-bond donors (Lipinski definition) is 2. The number of thioether (sulfide) groups is 1. The smallest absolute Gasteiger partial charge is 0.262 e. The van der Waals surface area contributed by atoms with Crippen molar-refractivity contribution in [3.63, 3.8) is 0 Å². The van der Waals surface area contributed by atoms with E-state index in [1.54, 1.807) is 41.0 Å². The van der Waals surface area contributed by atoms with Crippen LogP contribution in [0.4, 0.5) is 5.69 Å². The van der Waals surface area contributed by atoms with Crippen molar-refractivity contribution in [2.45, 2.75) is 25.0 Å². The van der Waals surface area contributed by atoms with Crippen molar-refractivity contribution in [1.82, 2.24) is 9.55 Å². The Kier molecular flexibility index (Phi) is 6.10. The summed E-state index contributed by atoms with van der Waals surface area (Å²) >= 11 is 1.35. The van der Waals surface area contributed by atoms with Crippen LogP contribution in [0.2, 0.25) is 0 Å². The Hall–Kier alpha value is -3.13. The standard InChI is InChI=1S/C20H20N4O3S/c1-2-24-19(27)14-8-4-6-10-16(14)23-20(24)28-12-11-17(25)22-15-9-5-3-7-13(15)18(21)26/h3-10H,2,11-12H2,1H3,(H2,21,26)(H,22,25). The second-order valence-corrected chi connectivity index (χ2v) is 7.08. The maximum atomic E-state index is 12.6. The van der Waals surface area contributed by atoms with Crippen molar-refractivity contribution < 1.29 is 9.59 Å². The summed E-state index contributed by atoms with van der Waals surface area (Å²) in [5.74, 6) is -0.403. The highest BCUT2D eigenvalue weighted by Crippen LogP contribution is 2.19.